The zero-order chi connectivity index (χ0) is 14.9. The molecule has 108 valence electrons. The van der Waals surface area contributed by atoms with Crippen LogP contribution in [0.2, 0.25) is 0 Å². The molecule has 20 heavy (non-hydrogen) atoms. The van der Waals surface area contributed by atoms with Crippen LogP contribution in [0.4, 0.5) is 13.2 Å². The van der Waals surface area contributed by atoms with E-state index in [4.69, 9.17) is 0 Å². The lowest BCUT2D eigenvalue weighted by molar-refractivity contribution is -0.142. The molecule has 8 heteroatoms. The molecule has 0 N–H and O–H groups in total. The van der Waals surface area contributed by atoms with Crippen molar-refractivity contribution in [2.75, 3.05) is 0 Å². The highest BCUT2D eigenvalue weighted by molar-refractivity contribution is 9.10. The van der Waals surface area contributed by atoms with Gasteiger partial charge < -0.3 is 0 Å². The topological polar surface area (TPSA) is 35.6 Å². The molecule has 0 saturated carbocycles. The molecule has 0 atom stereocenters. The summed E-state index contributed by atoms with van der Waals surface area (Å²) >= 11 is 3.25. The third-order valence-corrected chi connectivity index (χ3v) is 2.72. The van der Waals surface area contributed by atoms with E-state index in [1.807, 2.05) is 19.9 Å². The van der Waals surface area contributed by atoms with Crippen molar-refractivity contribution >= 4 is 22.0 Å². The maximum atomic E-state index is 12.3. The number of hydrogen-bond donors (Lipinski definition) is 0. The van der Waals surface area contributed by atoms with Gasteiger partial charge in [0.15, 0.2) is 5.82 Å². The summed E-state index contributed by atoms with van der Waals surface area (Å²) in [4.78, 5) is 0. The Labute approximate surface area is 122 Å². The number of allylic oxidation sites excluding steroid dienone is 1. The standard InChI is InChI=1S/C12H12BrF3N4/c1-8(2)5-9-6-10(13)17-20(9)11-3-4-19(18-11)7-12(14,15)16/h3-6H,7H2,1-2H3. The molecule has 0 spiro atoms. The van der Waals surface area contributed by atoms with Crippen LogP contribution in [-0.2, 0) is 6.54 Å². The van der Waals surface area contributed by atoms with Gasteiger partial charge in [-0.3, -0.25) is 4.68 Å². The smallest absolute Gasteiger partial charge is 0.261 e. The second-order valence-electron chi connectivity index (χ2n) is 4.51. The van der Waals surface area contributed by atoms with Crippen molar-refractivity contribution < 1.29 is 13.2 Å². The molecule has 2 aromatic rings. The highest BCUT2D eigenvalue weighted by Crippen LogP contribution is 2.20. The molecule has 0 aliphatic heterocycles. The van der Waals surface area contributed by atoms with E-state index in [2.05, 4.69) is 26.1 Å². The van der Waals surface area contributed by atoms with Gasteiger partial charge in [0.25, 0.3) is 0 Å². The largest absolute Gasteiger partial charge is 0.408 e. The van der Waals surface area contributed by atoms with Crippen molar-refractivity contribution in [3.05, 3.63) is 34.2 Å². The fraction of sp³-hybridized carbons (Fsp3) is 0.333. The van der Waals surface area contributed by atoms with E-state index >= 15 is 0 Å². The average Bonchev–Trinajstić information content (AvgIpc) is 2.82. The Morgan fingerprint density at radius 1 is 1.35 bits per heavy atom. The molecule has 0 amide bonds. The van der Waals surface area contributed by atoms with Crippen LogP contribution in [0.3, 0.4) is 0 Å². The highest BCUT2D eigenvalue weighted by atomic mass is 79.9. The van der Waals surface area contributed by atoms with Crippen LogP contribution in [0.5, 0.6) is 0 Å². The second-order valence-corrected chi connectivity index (χ2v) is 5.32. The molecule has 2 rings (SSSR count). The lowest BCUT2D eigenvalue weighted by Gasteiger charge is -2.05. The predicted molar refractivity (Wildman–Crippen MR) is 72.4 cm³/mol. The van der Waals surface area contributed by atoms with Gasteiger partial charge >= 0.3 is 6.18 Å². The lowest BCUT2D eigenvalue weighted by atomic mass is 10.3. The van der Waals surface area contributed by atoms with Crippen LogP contribution in [-0.4, -0.2) is 25.7 Å². The lowest BCUT2D eigenvalue weighted by Crippen LogP contribution is -2.18. The van der Waals surface area contributed by atoms with E-state index in [1.54, 1.807) is 6.07 Å². The normalized spacial score (nSPS) is 11.7. The quantitative estimate of drug-likeness (QED) is 0.845. The Hall–Kier alpha value is -1.57. The summed E-state index contributed by atoms with van der Waals surface area (Å²) in [7, 11) is 0. The van der Waals surface area contributed by atoms with Crippen molar-refractivity contribution in [2.45, 2.75) is 26.6 Å². The van der Waals surface area contributed by atoms with E-state index in [1.165, 1.54) is 16.9 Å². The van der Waals surface area contributed by atoms with E-state index in [9.17, 15) is 13.2 Å². The first kappa shape index (κ1) is 14.8. The van der Waals surface area contributed by atoms with Gasteiger partial charge in [0.2, 0.25) is 0 Å². The first-order valence-corrected chi connectivity index (χ1v) is 6.55. The number of halogens is 4. The van der Waals surface area contributed by atoms with E-state index in [0.717, 1.165) is 15.9 Å². The monoisotopic (exact) mass is 348 g/mol. The van der Waals surface area contributed by atoms with Gasteiger partial charge in [0.1, 0.15) is 11.1 Å². The summed E-state index contributed by atoms with van der Waals surface area (Å²) in [5.41, 5.74) is 1.79. The summed E-state index contributed by atoms with van der Waals surface area (Å²) in [5, 5.41) is 8.07. The Balaban J connectivity index is 2.35. The minimum absolute atomic E-state index is 0.340. The number of aromatic nitrogens is 4. The molecule has 0 saturated heterocycles. The maximum absolute atomic E-state index is 12.3. The minimum Gasteiger partial charge on any atom is -0.261 e. The number of alkyl halides is 3. The van der Waals surface area contributed by atoms with Crippen molar-refractivity contribution in [3.8, 4) is 5.82 Å². The van der Waals surface area contributed by atoms with E-state index in [0.29, 0.717) is 10.4 Å². The third kappa shape index (κ3) is 3.72. The van der Waals surface area contributed by atoms with Crippen LogP contribution < -0.4 is 0 Å². The molecule has 2 heterocycles. The number of rotatable bonds is 3. The summed E-state index contributed by atoms with van der Waals surface area (Å²) in [5.74, 6) is 0.340. The number of hydrogen-bond acceptors (Lipinski definition) is 2. The molecule has 2 aromatic heterocycles. The van der Waals surface area contributed by atoms with Gasteiger partial charge in [-0.1, -0.05) is 5.57 Å². The summed E-state index contributed by atoms with van der Waals surface area (Å²) in [6.45, 7) is 2.73. The highest BCUT2D eigenvalue weighted by Gasteiger charge is 2.28. The molecule has 0 aliphatic rings. The SMILES string of the molecule is CC(C)=Cc1cc(Br)nn1-c1ccn(CC(F)(F)F)n1. The van der Waals surface area contributed by atoms with Crippen molar-refractivity contribution in [2.24, 2.45) is 0 Å². The van der Waals surface area contributed by atoms with Gasteiger partial charge in [0, 0.05) is 12.3 Å². The van der Waals surface area contributed by atoms with Gasteiger partial charge in [-0.15, -0.1) is 0 Å². The Kier molecular flexibility index (Phi) is 4.03. The Morgan fingerprint density at radius 3 is 2.65 bits per heavy atom. The van der Waals surface area contributed by atoms with Crippen molar-refractivity contribution in [3.63, 3.8) is 0 Å². The Morgan fingerprint density at radius 2 is 2.05 bits per heavy atom. The van der Waals surface area contributed by atoms with E-state index in [-0.39, 0.29) is 0 Å². The number of nitrogens with zero attached hydrogens (tertiary/aromatic N) is 4. The summed E-state index contributed by atoms with van der Waals surface area (Å²) < 4.78 is 39.9. The fourth-order valence-electron chi connectivity index (χ4n) is 1.68. The zero-order valence-corrected chi connectivity index (χ0v) is 12.4. The van der Waals surface area contributed by atoms with Gasteiger partial charge in [0.05, 0.1) is 5.69 Å². The molecule has 0 radical (unpaired) electrons. The van der Waals surface area contributed by atoms with Crippen molar-refractivity contribution in [1.29, 1.82) is 0 Å². The molecular formula is C12H12BrF3N4. The molecule has 0 aromatic carbocycles. The van der Waals surface area contributed by atoms with Gasteiger partial charge in [-0.05, 0) is 41.9 Å². The summed E-state index contributed by atoms with van der Waals surface area (Å²) in [6, 6.07) is 3.27. The van der Waals surface area contributed by atoms with Gasteiger partial charge in [-0.2, -0.15) is 23.4 Å². The van der Waals surface area contributed by atoms with Crippen LogP contribution in [0.15, 0.2) is 28.5 Å². The molecule has 0 fully saturated rings. The minimum atomic E-state index is -4.29. The molecular weight excluding hydrogens is 337 g/mol. The molecule has 4 nitrogen and oxygen atoms in total. The van der Waals surface area contributed by atoms with Crippen LogP contribution >= 0.6 is 15.9 Å². The zero-order valence-electron chi connectivity index (χ0n) is 10.8. The predicted octanol–water partition coefficient (Wildman–Crippen LogP) is 3.82. The van der Waals surface area contributed by atoms with E-state index < -0.39 is 12.7 Å². The van der Waals surface area contributed by atoms with Gasteiger partial charge in [-0.25, -0.2) is 4.68 Å². The fourth-order valence-corrected chi connectivity index (χ4v) is 2.08. The first-order chi connectivity index (χ1) is 9.24. The molecule has 0 unspecified atom stereocenters. The maximum Gasteiger partial charge on any atom is 0.408 e. The Bertz CT molecular complexity index is 635. The van der Waals surface area contributed by atoms with Crippen LogP contribution in [0.25, 0.3) is 11.9 Å². The average molecular weight is 349 g/mol. The molecule has 0 aliphatic carbocycles. The van der Waals surface area contributed by atoms with Crippen LogP contribution in [0.1, 0.15) is 19.5 Å². The van der Waals surface area contributed by atoms with Crippen LogP contribution in [0, 0.1) is 0 Å². The van der Waals surface area contributed by atoms with Crippen molar-refractivity contribution in [1.82, 2.24) is 19.6 Å². The third-order valence-electron chi connectivity index (χ3n) is 2.33. The summed E-state index contributed by atoms with van der Waals surface area (Å²) in [6.07, 6.45) is -1.14. The first-order valence-electron chi connectivity index (χ1n) is 5.76. The molecule has 0 bridgehead atoms. The second kappa shape index (κ2) is 5.43.